The van der Waals surface area contributed by atoms with Crippen molar-refractivity contribution in [2.24, 2.45) is 5.92 Å². The summed E-state index contributed by atoms with van der Waals surface area (Å²) >= 11 is 0. The fraction of sp³-hybridized carbons (Fsp3) is 0.667. The zero-order chi connectivity index (χ0) is 12.1. The van der Waals surface area contributed by atoms with E-state index in [4.69, 9.17) is 15.6 Å². The minimum Gasteiger partial charge on any atom is -0.479 e. The summed E-state index contributed by atoms with van der Waals surface area (Å²) in [6.45, 7) is 1.80. The monoisotopic (exact) mass is 217 g/mol. The Morgan fingerprint density at radius 1 is 1.40 bits per heavy atom. The Bertz CT molecular complexity index is 249. The number of rotatable bonds is 7. The molecule has 6 heteroatoms. The van der Waals surface area contributed by atoms with Crippen molar-refractivity contribution in [3.05, 3.63) is 0 Å². The van der Waals surface area contributed by atoms with E-state index in [0.29, 0.717) is 6.42 Å². The third-order valence-electron chi connectivity index (χ3n) is 2.34. The second kappa shape index (κ2) is 5.45. The molecule has 0 aliphatic heterocycles. The highest BCUT2D eigenvalue weighted by molar-refractivity contribution is 6.01. The predicted octanol–water partition coefficient (Wildman–Crippen LogP) is 0.343. The van der Waals surface area contributed by atoms with Gasteiger partial charge in [-0.1, -0.05) is 6.92 Å². The molecule has 1 unspecified atom stereocenters. The molecule has 1 atom stereocenters. The number of carboxylic acid groups (broad SMARTS) is 2. The molecule has 0 aliphatic rings. The highest BCUT2D eigenvalue weighted by Crippen LogP contribution is 2.18. The zero-order valence-corrected chi connectivity index (χ0v) is 8.43. The van der Waals surface area contributed by atoms with Crippen LogP contribution in [0, 0.1) is 11.3 Å². The lowest BCUT2D eigenvalue weighted by molar-refractivity contribution is -0.176. The van der Waals surface area contributed by atoms with E-state index in [1.54, 1.807) is 6.92 Å². The second-order valence-corrected chi connectivity index (χ2v) is 3.34. The summed E-state index contributed by atoms with van der Waals surface area (Å²) < 4.78 is 0. The topological polar surface area (TPSA) is 119 Å². The van der Waals surface area contributed by atoms with Crippen LogP contribution in [-0.2, 0) is 9.59 Å². The minimum atomic E-state index is -2.74. The summed E-state index contributed by atoms with van der Waals surface area (Å²) in [5.74, 6) is -3.74. The van der Waals surface area contributed by atoms with Crippen LogP contribution in [0.15, 0.2) is 0 Å². The molecule has 0 radical (unpaired) electrons. The van der Waals surface area contributed by atoms with Gasteiger partial charge in [-0.15, -0.1) is 0 Å². The summed E-state index contributed by atoms with van der Waals surface area (Å²) in [6.07, 6.45) is 1.50. The molecule has 0 rings (SSSR count). The van der Waals surface area contributed by atoms with Gasteiger partial charge in [0.2, 0.25) is 0 Å². The molecular weight excluding hydrogens is 202 g/mol. The van der Waals surface area contributed by atoms with Crippen molar-refractivity contribution < 1.29 is 24.9 Å². The number of nitrogens with one attached hydrogen (secondary N) is 1. The molecule has 0 saturated carbocycles. The quantitative estimate of drug-likeness (QED) is 0.362. The minimum absolute atomic E-state index is 0.162. The van der Waals surface area contributed by atoms with Crippen molar-refractivity contribution in [2.75, 3.05) is 0 Å². The first-order valence-corrected chi connectivity index (χ1v) is 4.58. The van der Waals surface area contributed by atoms with Gasteiger partial charge in [0.05, 0.1) is 0 Å². The van der Waals surface area contributed by atoms with Gasteiger partial charge in [-0.2, -0.15) is 0 Å². The normalized spacial score (nSPS) is 13.2. The summed E-state index contributed by atoms with van der Waals surface area (Å²) in [5.41, 5.74) is -2.74. The molecule has 0 saturated heterocycles. The van der Waals surface area contributed by atoms with Crippen LogP contribution in [0.25, 0.3) is 0 Å². The van der Waals surface area contributed by atoms with E-state index >= 15 is 0 Å². The molecule has 0 spiro atoms. The van der Waals surface area contributed by atoms with Gasteiger partial charge in [0.25, 0.3) is 5.60 Å². The number of aliphatic hydroxyl groups is 1. The number of hydrogen-bond donors (Lipinski definition) is 4. The van der Waals surface area contributed by atoms with Crippen molar-refractivity contribution in [1.82, 2.24) is 0 Å². The van der Waals surface area contributed by atoms with E-state index in [9.17, 15) is 14.7 Å². The van der Waals surface area contributed by atoms with Gasteiger partial charge in [-0.3, -0.25) is 0 Å². The van der Waals surface area contributed by atoms with Crippen molar-refractivity contribution in [3.63, 3.8) is 0 Å². The largest absolute Gasteiger partial charge is 0.479 e. The lowest BCUT2D eigenvalue weighted by Gasteiger charge is -2.19. The highest BCUT2D eigenvalue weighted by atomic mass is 16.4. The molecule has 0 aromatic rings. The molecule has 4 N–H and O–H groups in total. The van der Waals surface area contributed by atoms with Crippen molar-refractivity contribution in [1.29, 1.82) is 5.41 Å². The molecular formula is C9H15NO5. The number of carboxylic acids is 2. The summed E-state index contributed by atoms with van der Waals surface area (Å²) in [6, 6.07) is 0. The van der Waals surface area contributed by atoms with Gasteiger partial charge in [0, 0.05) is 0 Å². The Kier molecular flexibility index (Phi) is 4.93. The first kappa shape index (κ1) is 13.6. The fourth-order valence-corrected chi connectivity index (χ4v) is 1.10. The van der Waals surface area contributed by atoms with E-state index in [2.05, 4.69) is 0 Å². The summed E-state index contributed by atoms with van der Waals surface area (Å²) in [7, 11) is 0. The number of carbonyl (C=O) groups is 2. The highest BCUT2D eigenvalue weighted by Gasteiger charge is 2.44. The molecule has 0 aliphatic carbocycles. The van der Waals surface area contributed by atoms with Gasteiger partial charge in [-0.05, 0) is 31.4 Å². The molecule has 0 bridgehead atoms. The zero-order valence-electron chi connectivity index (χ0n) is 8.43. The smallest absolute Gasteiger partial charge is 0.347 e. The molecule has 0 heterocycles. The Morgan fingerprint density at radius 2 is 1.87 bits per heavy atom. The van der Waals surface area contributed by atoms with Gasteiger partial charge in [0.15, 0.2) is 0 Å². The average molecular weight is 217 g/mol. The van der Waals surface area contributed by atoms with Crippen LogP contribution in [0.5, 0.6) is 0 Å². The predicted molar refractivity (Wildman–Crippen MR) is 52.0 cm³/mol. The summed E-state index contributed by atoms with van der Waals surface area (Å²) in [5, 5.41) is 33.5. The standard InChI is InChI=1S/C9H15NO5/c1-2-6(5-10)3-4-9(15,7(11)12)8(13)14/h5-6,10,15H,2-4H2,1H3,(H,11,12)(H,13,14). The van der Waals surface area contributed by atoms with Crippen LogP contribution < -0.4 is 0 Å². The van der Waals surface area contributed by atoms with Crippen molar-refractivity contribution in [2.45, 2.75) is 31.8 Å². The molecule has 0 fully saturated rings. The fourth-order valence-electron chi connectivity index (χ4n) is 1.10. The van der Waals surface area contributed by atoms with Crippen molar-refractivity contribution in [3.8, 4) is 0 Å². The number of hydrogen-bond acceptors (Lipinski definition) is 4. The lowest BCUT2D eigenvalue weighted by Crippen LogP contribution is -2.46. The van der Waals surface area contributed by atoms with Gasteiger partial charge < -0.3 is 20.7 Å². The van der Waals surface area contributed by atoms with Crippen LogP contribution >= 0.6 is 0 Å². The Hall–Kier alpha value is -1.43. The molecule has 0 aromatic carbocycles. The maximum Gasteiger partial charge on any atom is 0.347 e. The molecule has 6 nitrogen and oxygen atoms in total. The maximum atomic E-state index is 10.6. The van der Waals surface area contributed by atoms with Crippen LogP contribution in [-0.4, -0.2) is 39.1 Å². The van der Waals surface area contributed by atoms with Crippen LogP contribution in [0.4, 0.5) is 0 Å². The SMILES string of the molecule is CCC(C=N)CCC(O)(C(=O)O)C(=O)O. The Balaban J connectivity index is 4.51. The summed E-state index contributed by atoms with van der Waals surface area (Å²) in [4.78, 5) is 21.1. The average Bonchev–Trinajstić information content (AvgIpc) is 2.18. The Labute approximate surface area is 87.0 Å². The second-order valence-electron chi connectivity index (χ2n) is 3.34. The van der Waals surface area contributed by atoms with Crippen molar-refractivity contribution >= 4 is 18.2 Å². The van der Waals surface area contributed by atoms with E-state index < -0.39 is 24.0 Å². The van der Waals surface area contributed by atoms with Gasteiger partial charge in [0.1, 0.15) is 0 Å². The van der Waals surface area contributed by atoms with Crippen LogP contribution in [0.1, 0.15) is 26.2 Å². The Morgan fingerprint density at radius 3 is 2.13 bits per heavy atom. The third kappa shape index (κ3) is 3.32. The van der Waals surface area contributed by atoms with E-state index in [-0.39, 0.29) is 12.3 Å². The van der Waals surface area contributed by atoms with Crippen LogP contribution in [0.3, 0.4) is 0 Å². The molecule has 0 amide bonds. The van der Waals surface area contributed by atoms with Gasteiger partial charge >= 0.3 is 11.9 Å². The van der Waals surface area contributed by atoms with E-state index in [0.717, 1.165) is 6.21 Å². The van der Waals surface area contributed by atoms with E-state index in [1.165, 1.54) is 0 Å². The van der Waals surface area contributed by atoms with Gasteiger partial charge in [-0.25, -0.2) is 9.59 Å². The van der Waals surface area contributed by atoms with Crippen LogP contribution in [0.2, 0.25) is 0 Å². The molecule has 86 valence electrons. The third-order valence-corrected chi connectivity index (χ3v) is 2.34. The first-order chi connectivity index (χ1) is 6.88. The maximum absolute atomic E-state index is 10.6. The first-order valence-electron chi connectivity index (χ1n) is 4.58. The van der Waals surface area contributed by atoms with E-state index in [1.807, 2.05) is 0 Å². The molecule has 15 heavy (non-hydrogen) atoms. The number of aliphatic carboxylic acids is 2. The lowest BCUT2D eigenvalue weighted by atomic mass is 9.91. The molecule has 0 aromatic heterocycles.